The van der Waals surface area contributed by atoms with Gasteiger partial charge in [0.2, 0.25) is 0 Å². The van der Waals surface area contributed by atoms with E-state index >= 15 is 0 Å². The lowest BCUT2D eigenvalue weighted by atomic mass is 10.1. The number of nitrogens with one attached hydrogen (secondary N) is 2. The van der Waals surface area contributed by atoms with Gasteiger partial charge >= 0.3 is 0 Å². The zero-order valence-corrected chi connectivity index (χ0v) is 17.6. The van der Waals surface area contributed by atoms with Gasteiger partial charge < -0.3 is 15.5 Å². The van der Waals surface area contributed by atoms with Crippen LogP contribution in [-0.4, -0.2) is 65.7 Å². The van der Waals surface area contributed by atoms with E-state index < -0.39 is 10.8 Å². The Morgan fingerprint density at radius 3 is 2.42 bits per heavy atom. The van der Waals surface area contributed by atoms with Crippen molar-refractivity contribution in [2.45, 2.75) is 31.9 Å². The van der Waals surface area contributed by atoms with Crippen molar-refractivity contribution in [2.75, 3.05) is 40.0 Å². The van der Waals surface area contributed by atoms with Crippen molar-refractivity contribution in [1.82, 2.24) is 15.5 Å². The molecule has 1 amide bonds. The average Bonchev–Trinajstić information content (AvgIpc) is 2.58. The Morgan fingerprint density at radius 1 is 1.19 bits per heavy atom. The Morgan fingerprint density at radius 2 is 1.85 bits per heavy atom. The Labute approximate surface area is 159 Å². The van der Waals surface area contributed by atoms with Crippen molar-refractivity contribution in [3.63, 3.8) is 0 Å². The number of benzene rings is 1. The minimum atomic E-state index is -0.883. The predicted molar refractivity (Wildman–Crippen MR) is 110 cm³/mol. The molecule has 1 unspecified atom stereocenters. The van der Waals surface area contributed by atoms with E-state index in [0.29, 0.717) is 30.4 Å². The molecule has 0 heterocycles. The van der Waals surface area contributed by atoms with Crippen LogP contribution < -0.4 is 10.6 Å². The van der Waals surface area contributed by atoms with E-state index in [1.807, 2.05) is 45.0 Å². The third kappa shape index (κ3) is 7.56. The van der Waals surface area contributed by atoms with Crippen LogP contribution in [0.1, 0.15) is 36.7 Å². The lowest BCUT2D eigenvalue weighted by Crippen LogP contribution is -2.41. The molecule has 0 spiro atoms. The minimum absolute atomic E-state index is 0.00383. The van der Waals surface area contributed by atoms with E-state index in [2.05, 4.69) is 15.6 Å². The molecule has 0 aliphatic carbocycles. The highest BCUT2D eigenvalue weighted by Crippen LogP contribution is 2.10. The van der Waals surface area contributed by atoms with Gasteiger partial charge in [-0.05, 0) is 44.9 Å². The fraction of sp³-hybridized carbons (Fsp3) is 0.579. The molecule has 6 nitrogen and oxygen atoms in total. The number of carbonyl (C=O) groups excluding carboxylic acids is 1. The monoisotopic (exact) mass is 380 g/mol. The Kier molecular flexibility index (Phi) is 8.78. The fourth-order valence-electron chi connectivity index (χ4n) is 2.23. The summed E-state index contributed by atoms with van der Waals surface area (Å²) in [5.41, 5.74) is 1.79. The lowest BCUT2D eigenvalue weighted by molar-refractivity contribution is 0.0827. The summed E-state index contributed by atoms with van der Waals surface area (Å²) in [6.45, 7) is 7.24. The number of guanidine groups is 1. The molecule has 0 fully saturated rings. The van der Waals surface area contributed by atoms with Crippen molar-refractivity contribution in [1.29, 1.82) is 0 Å². The van der Waals surface area contributed by atoms with Crippen LogP contribution in [-0.2, 0) is 17.2 Å². The molecular formula is C19H32N4O2S. The minimum Gasteiger partial charge on any atom is -0.356 e. The topological polar surface area (TPSA) is 73.8 Å². The molecule has 0 aromatic heterocycles. The standard InChI is InChI=1S/C19H32N4O2S/c1-19(2,3)26(25)13-12-22-18(20-4)21-11-10-15-8-7-9-16(14-15)17(24)23(5)6/h7-9,14H,10-13H2,1-6H3,(H2,20,21,22). The first-order valence-corrected chi connectivity index (χ1v) is 10.1. The van der Waals surface area contributed by atoms with E-state index in [9.17, 15) is 9.00 Å². The molecule has 0 aliphatic rings. The molecular weight excluding hydrogens is 348 g/mol. The van der Waals surface area contributed by atoms with Crippen molar-refractivity contribution < 1.29 is 9.00 Å². The average molecular weight is 381 g/mol. The summed E-state index contributed by atoms with van der Waals surface area (Å²) in [5.74, 6) is 1.28. The summed E-state index contributed by atoms with van der Waals surface area (Å²) in [6.07, 6.45) is 0.781. The van der Waals surface area contributed by atoms with Gasteiger partial charge in [0, 0.05) is 61.1 Å². The van der Waals surface area contributed by atoms with Gasteiger partial charge in [-0.3, -0.25) is 14.0 Å². The van der Waals surface area contributed by atoms with Crippen LogP contribution in [0.25, 0.3) is 0 Å². The first-order valence-electron chi connectivity index (χ1n) is 8.78. The second-order valence-electron chi connectivity index (χ2n) is 7.24. The number of nitrogens with zero attached hydrogens (tertiary/aromatic N) is 2. The summed E-state index contributed by atoms with van der Waals surface area (Å²) >= 11 is 0. The summed E-state index contributed by atoms with van der Waals surface area (Å²) in [7, 11) is 4.33. The molecule has 1 aromatic rings. The molecule has 7 heteroatoms. The molecule has 1 rings (SSSR count). The van der Waals surface area contributed by atoms with Crippen LogP contribution in [0.3, 0.4) is 0 Å². The van der Waals surface area contributed by atoms with E-state index in [4.69, 9.17) is 0 Å². The van der Waals surface area contributed by atoms with Crippen LogP contribution in [0.15, 0.2) is 29.3 Å². The smallest absolute Gasteiger partial charge is 0.253 e. The number of rotatable bonds is 7. The number of amides is 1. The molecule has 0 bridgehead atoms. The highest BCUT2D eigenvalue weighted by molar-refractivity contribution is 7.86. The van der Waals surface area contributed by atoms with Gasteiger partial charge in [0.15, 0.2) is 5.96 Å². The van der Waals surface area contributed by atoms with Gasteiger partial charge in [0.05, 0.1) is 0 Å². The molecule has 0 saturated carbocycles. The summed E-state index contributed by atoms with van der Waals surface area (Å²) in [5, 5.41) is 6.43. The van der Waals surface area contributed by atoms with Crippen molar-refractivity contribution in [3.05, 3.63) is 35.4 Å². The molecule has 1 aromatic carbocycles. The van der Waals surface area contributed by atoms with Gasteiger partial charge in [-0.1, -0.05) is 12.1 Å². The molecule has 0 radical (unpaired) electrons. The van der Waals surface area contributed by atoms with Crippen LogP contribution >= 0.6 is 0 Å². The van der Waals surface area contributed by atoms with Crippen LogP contribution in [0.2, 0.25) is 0 Å². The Balaban J connectivity index is 2.45. The van der Waals surface area contributed by atoms with Crippen molar-refractivity contribution in [3.8, 4) is 0 Å². The summed E-state index contributed by atoms with van der Waals surface area (Å²) in [4.78, 5) is 17.8. The van der Waals surface area contributed by atoms with E-state index in [0.717, 1.165) is 12.0 Å². The normalized spacial score (nSPS) is 13.2. The van der Waals surface area contributed by atoms with Crippen molar-refractivity contribution in [2.24, 2.45) is 4.99 Å². The Bertz CT molecular complexity index is 651. The summed E-state index contributed by atoms with van der Waals surface area (Å²) < 4.78 is 11.8. The third-order valence-electron chi connectivity index (χ3n) is 3.77. The predicted octanol–water partition coefficient (Wildman–Crippen LogP) is 1.64. The molecule has 2 N–H and O–H groups in total. The Hall–Kier alpha value is -1.89. The maximum atomic E-state index is 12.0. The quantitative estimate of drug-likeness (QED) is 0.557. The second-order valence-corrected chi connectivity index (χ2v) is 9.56. The van der Waals surface area contributed by atoms with E-state index in [1.165, 1.54) is 0 Å². The maximum absolute atomic E-state index is 12.0. The largest absolute Gasteiger partial charge is 0.356 e. The highest BCUT2D eigenvalue weighted by Gasteiger charge is 2.18. The molecule has 26 heavy (non-hydrogen) atoms. The van der Waals surface area contributed by atoms with Gasteiger partial charge in [-0.2, -0.15) is 0 Å². The van der Waals surface area contributed by atoms with Gasteiger partial charge in [0.1, 0.15) is 0 Å². The lowest BCUT2D eigenvalue weighted by Gasteiger charge is -2.18. The summed E-state index contributed by atoms with van der Waals surface area (Å²) in [6, 6.07) is 7.67. The number of hydrogen-bond donors (Lipinski definition) is 2. The maximum Gasteiger partial charge on any atom is 0.253 e. The van der Waals surface area contributed by atoms with Gasteiger partial charge in [0.25, 0.3) is 5.91 Å². The number of aliphatic imine (C=N–C) groups is 1. The molecule has 1 atom stereocenters. The fourth-order valence-corrected chi connectivity index (χ4v) is 3.13. The molecule has 0 aliphatic heterocycles. The first kappa shape index (κ1) is 22.2. The van der Waals surface area contributed by atoms with E-state index in [-0.39, 0.29) is 10.7 Å². The number of hydrogen-bond acceptors (Lipinski definition) is 3. The zero-order valence-electron chi connectivity index (χ0n) is 16.8. The van der Waals surface area contributed by atoms with Gasteiger partial charge in [-0.15, -0.1) is 0 Å². The first-order chi connectivity index (χ1) is 12.1. The van der Waals surface area contributed by atoms with Crippen LogP contribution in [0.4, 0.5) is 0 Å². The van der Waals surface area contributed by atoms with E-state index in [1.54, 1.807) is 26.0 Å². The molecule has 146 valence electrons. The number of carbonyl (C=O) groups is 1. The van der Waals surface area contributed by atoms with Crippen molar-refractivity contribution >= 4 is 22.7 Å². The zero-order chi connectivity index (χ0) is 19.7. The van der Waals surface area contributed by atoms with Crippen LogP contribution in [0.5, 0.6) is 0 Å². The SMILES string of the molecule is CN=C(NCCc1cccc(C(=O)N(C)C)c1)NCCS(=O)C(C)(C)C. The second kappa shape index (κ2) is 10.3. The van der Waals surface area contributed by atoms with Crippen LogP contribution in [0, 0.1) is 0 Å². The molecule has 0 saturated heterocycles. The van der Waals surface area contributed by atoms with Gasteiger partial charge in [-0.25, -0.2) is 0 Å². The third-order valence-corrected chi connectivity index (χ3v) is 5.71. The highest BCUT2D eigenvalue weighted by atomic mass is 32.2.